The zero-order valence-electron chi connectivity index (χ0n) is 18.1. The van der Waals surface area contributed by atoms with Gasteiger partial charge in [0, 0.05) is 37.9 Å². The number of nitrogens with one attached hydrogen (secondary N) is 2. The zero-order valence-corrected chi connectivity index (χ0v) is 20.4. The molecule has 166 valence electrons. The molecule has 0 aliphatic rings. The number of halogens is 1. The fourth-order valence-corrected chi connectivity index (χ4v) is 3.32. The van der Waals surface area contributed by atoms with Crippen molar-refractivity contribution in [1.82, 2.24) is 30.2 Å². The van der Waals surface area contributed by atoms with Crippen molar-refractivity contribution in [3.8, 4) is 5.69 Å². The lowest BCUT2D eigenvalue weighted by Crippen LogP contribution is -2.37. The van der Waals surface area contributed by atoms with E-state index in [1.165, 1.54) is 11.1 Å². The van der Waals surface area contributed by atoms with Crippen LogP contribution in [0.1, 0.15) is 23.6 Å². The van der Waals surface area contributed by atoms with Crippen LogP contribution in [0.3, 0.4) is 0 Å². The maximum atomic E-state index is 4.75. The summed E-state index contributed by atoms with van der Waals surface area (Å²) >= 11 is 0. The minimum atomic E-state index is 0. The van der Waals surface area contributed by atoms with Crippen molar-refractivity contribution < 1.29 is 0 Å². The molecule has 0 unspecified atom stereocenters. The predicted molar refractivity (Wildman–Crippen MR) is 138 cm³/mol. The molecular weight excluding hydrogens is 513 g/mol. The number of aliphatic imine (C=N–C) groups is 1. The first-order chi connectivity index (χ1) is 15.3. The van der Waals surface area contributed by atoms with Gasteiger partial charge in [0.1, 0.15) is 0 Å². The number of aromatic nitrogens is 4. The van der Waals surface area contributed by atoms with Gasteiger partial charge in [-0.1, -0.05) is 36.4 Å². The number of hydrogen-bond acceptors (Lipinski definition) is 3. The molecular formula is C24H28IN7. The molecule has 0 saturated heterocycles. The molecule has 2 aromatic heterocycles. The van der Waals surface area contributed by atoms with Crippen LogP contribution in [0.5, 0.6) is 0 Å². The Morgan fingerprint density at radius 1 is 0.875 bits per heavy atom. The molecule has 0 bridgehead atoms. The molecule has 0 spiro atoms. The van der Waals surface area contributed by atoms with Crippen LogP contribution in [0.2, 0.25) is 0 Å². The summed E-state index contributed by atoms with van der Waals surface area (Å²) in [5, 5.41) is 15.4. The fourth-order valence-electron chi connectivity index (χ4n) is 3.32. The van der Waals surface area contributed by atoms with Crippen LogP contribution in [0.15, 0.2) is 90.4 Å². The van der Waals surface area contributed by atoms with E-state index in [1.54, 1.807) is 12.4 Å². The highest BCUT2D eigenvalue weighted by Gasteiger charge is 2.05. The Morgan fingerprint density at radius 3 is 2.31 bits per heavy atom. The molecule has 0 saturated carbocycles. The van der Waals surface area contributed by atoms with E-state index in [0.29, 0.717) is 13.1 Å². The molecule has 0 radical (unpaired) electrons. The zero-order chi connectivity index (χ0) is 21.3. The molecule has 0 atom stereocenters. The van der Waals surface area contributed by atoms with Gasteiger partial charge >= 0.3 is 0 Å². The SMILES string of the molecule is CCNC(=NCc1ccc(-n2cccn2)cc1)NCc1ccccc1Cn1cccn1.I. The number of nitrogens with zero attached hydrogens (tertiary/aromatic N) is 5. The minimum absolute atomic E-state index is 0. The van der Waals surface area contributed by atoms with Crippen LogP contribution in [-0.2, 0) is 19.6 Å². The summed E-state index contributed by atoms with van der Waals surface area (Å²) in [5.74, 6) is 0.799. The van der Waals surface area contributed by atoms with Crippen molar-refractivity contribution in [2.75, 3.05) is 6.54 Å². The summed E-state index contributed by atoms with van der Waals surface area (Å²) in [6.07, 6.45) is 7.50. The van der Waals surface area contributed by atoms with Crippen molar-refractivity contribution in [2.24, 2.45) is 4.99 Å². The third kappa shape index (κ3) is 6.43. The highest BCUT2D eigenvalue weighted by molar-refractivity contribution is 14.0. The Kier molecular flexibility index (Phi) is 8.85. The van der Waals surface area contributed by atoms with E-state index in [2.05, 4.69) is 76.3 Å². The monoisotopic (exact) mass is 541 g/mol. The molecule has 0 aliphatic carbocycles. The van der Waals surface area contributed by atoms with Crippen LogP contribution in [-0.4, -0.2) is 32.1 Å². The third-order valence-electron chi connectivity index (χ3n) is 4.93. The molecule has 2 heterocycles. The van der Waals surface area contributed by atoms with Crippen LogP contribution in [0.25, 0.3) is 5.69 Å². The first-order valence-electron chi connectivity index (χ1n) is 10.5. The van der Waals surface area contributed by atoms with Crippen LogP contribution >= 0.6 is 24.0 Å². The summed E-state index contributed by atoms with van der Waals surface area (Å²) in [4.78, 5) is 4.75. The predicted octanol–water partition coefficient (Wildman–Crippen LogP) is 3.99. The molecule has 8 heteroatoms. The maximum absolute atomic E-state index is 4.75. The highest BCUT2D eigenvalue weighted by atomic mass is 127. The minimum Gasteiger partial charge on any atom is -0.357 e. The summed E-state index contributed by atoms with van der Waals surface area (Å²) < 4.78 is 3.78. The Labute approximate surface area is 205 Å². The molecule has 4 rings (SSSR count). The number of benzene rings is 2. The molecule has 2 N–H and O–H groups in total. The first kappa shape index (κ1) is 23.5. The summed E-state index contributed by atoms with van der Waals surface area (Å²) in [5.41, 5.74) is 4.65. The van der Waals surface area contributed by atoms with Gasteiger partial charge in [-0.05, 0) is 47.9 Å². The Hall–Kier alpha value is -3.14. The van der Waals surface area contributed by atoms with Crippen molar-refractivity contribution in [1.29, 1.82) is 0 Å². The van der Waals surface area contributed by atoms with E-state index in [1.807, 2.05) is 33.9 Å². The highest BCUT2D eigenvalue weighted by Crippen LogP contribution is 2.11. The topological polar surface area (TPSA) is 72.1 Å². The van der Waals surface area contributed by atoms with Gasteiger partial charge < -0.3 is 10.6 Å². The molecule has 32 heavy (non-hydrogen) atoms. The van der Waals surface area contributed by atoms with Gasteiger partial charge in [0.05, 0.1) is 18.8 Å². The van der Waals surface area contributed by atoms with E-state index >= 15 is 0 Å². The van der Waals surface area contributed by atoms with Gasteiger partial charge in [-0.3, -0.25) is 4.68 Å². The normalized spacial score (nSPS) is 11.1. The number of hydrogen-bond donors (Lipinski definition) is 2. The van der Waals surface area contributed by atoms with E-state index in [0.717, 1.165) is 30.3 Å². The molecule has 0 amide bonds. The van der Waals surface area contributed by atoms with E-state index in [4.69, 9.17) is 4.99 Å². The van der Waals surface area contributed by atoms with Gasteiger partial charge in [0.25, 0.3) is 0 Å². The first-order valence-corrected chi connectivity index (χ1v) is 10.5. The van der Waals surface area contributed by atoms with Crippen molar-refractivity contribution in [2.45, 2.75) is 26.6 Å². The van der Waals surface area contributed by atoms with Gasteiger partial charge in [-0.25, -0.2) is 9.67 Å². The molecule has 4 aromatic rings. The van der Waals surface area contributed by atoms with Gasteiger partial charge in [0.15, 0.2) is 5.96 Å². The second-order valence-corrected chi connectivity index (χ2v) is 7.14. The number of guanidine groups is 1. The molecule has 0 aliphatic heterocycles. The second kappa shape index (κ2) is 12.0. The third-order valence-corrected chi connectivity index (χ3v) is 4.93. The van der Waals surface area contributed by atoms with Crippen LogP contribution < -0.4 is 10.6 Å². The van der Waals surface area contributed by atoms with E-state index < -0.39 is 0 Å². The van der Waals surface area contributed by atoms with Gasteiger partial charge in [-0.2, -0.15) is 10.2 Å². The Morgan fingerprint density at radius 2 is 1.62 bits per heavy atom. The molecule has 0 fully saturated rings. The summed E-state index contributed by atoms with van der Waals surface area (Å²) in [6, 6.07) is 20.6. The lowest BCUT2D eigenvalue weighted by Gasteiger charge is -2.14. The number of rotatable bonds is 8. The van der Waals surface area contributed by atoms with E-state index in [9.17, 15) is 0 Å². The summed E-state index contributed by atoms with van der Waals surface area (Å²) in [7, 11) is 0. The standard InChI is InChI=1S/C24H27N7.HI/c1-2-25-24(26-17-20-9-11-23(12-10-20)31-16-6-14-29-31)27-18-21-7-3-4-8-22(21)19-30-15-5-13-28-30;/h3-16H,2,17-19H2,1H3,(H2,25,26,27);1H. The molecule has 2 aromatic carbocycles. The average molecular weight is 541 g/mol. The largest absolute Gasteiger partial charge is 0.357 e. The van der Waals surface area contributed by atoms with Crippen molar-refractivity contribution in [3.63, 3.8) is 0 Å². The van der Waals surface area contributed by atoms with Crippen LogP contribution in [0, 0.1) is 0 Å². The lowest BCUT2D eigenvalue weighted by atomic mass is 10.1. The lowest BCUT2D eigenvalue weighted by molar-refractivity contribution is 0.677. The van der Waals surface area contributed by atoms with Crippen molar-refractivity contribution in [3.05, 3.63) is 102 Å². The Bertz CT molecular complexity index is 1090. The Balaban J connectivity index is 0.00000289. The smallest absolute Gasteiger partial charge is 0.191 e. The van der Waals surface area contributed by atoms with E-state index in [-0.39, 0.29) is 24.0 Å². The van der Waals surface area contributed by atoms with Crippen LogP contribution in [0.4, 0.5) is 0 Å². The van der Waals surface area contributed by atoms with Gasteiger partial charge in [0.2, 0.25) is 0 Å². The summed E-state index contributed by atoms with van der Waals surface area (Å²) in [6.45, 7) is 4.92. The quantitative estimate of drug-likeness (QED) is 0.201. The average Bonchev–Trinajstić information content (AvgIpc) is 3.51. The van der Waals surface area contributed by atoms with Gasteiger partial charge in [-0.15, -0.1) is 24.0 Å². The van der Waals surface area contributed by atoms with Crippen molar-refractivity contribution >= 4 is 29.9 Å². The fraction of sp³-hybridized carbons (Fsp3) is 0.208. The molecule has 7 nitrogen and oxygen atoms in total. The second-order valence-electron chi connectivity index (χ2n) is 7.14. The maximum Gasteiger partial charge on any atom is 0.191 e.